The SMILES string of the molecule is CS(=O)(=O)/C=C/[C@@H](NC(=O)c1ccc(C(F)(F)F)nc1NCc1cc(F)ccc1C(F)(F)F)C1CC1. The molecule has 1 atom stereocenters. The normalized spacial score (nSPS) is 15.7. The number of nitrogens with one attached hydrogen (secondary N) is 2. The monoisotopic (exact) mass is 539 g/mol. The third-order valence-electron chi connectivity index (χ3n) is 5.21. The Morgan fingerprint density at radius 3 is 2.33 bits per heavy atom. The highest BCUT2D eigenvalue weighted by atomic mass is 32.2. The van der Waals surface area contributed by atoms with Crippen molar-refractivity contribution in [2.75, 3.05) is 11.6 Å². The van der Waals surface area contributed by atoms with Gasteiger partial charge in [-0.05, 0) is 54.7 Å². The molecule has 36 heavy (non-hydrogen) atoms. The van der Waals surface area contributed by atoms with E-state index in [4.69, 9.17) is 0 Å². The molecule has 1 aliphatic carbocycles. The summed E-state index contributed by atoms with van der Waals surface area (Å²) in [6.45, 7) is -0.790. The maximum atomic E-state index is 13.6. The molecule has 1 fully saturated rings. The Kier molecular flexibility index (Phi) is 7.67. The number of anilines is 1. The van der Waals surface area contributed by atoms with E-state index in [9.17, 15) is 43.9 Å². The molecular formula is C22H20F7N3O3S. The lowest BCUT2D eigenvalue weighted by atomic mass is 10.1. The lowest BCUT2D eigenvalue weighted by Crippen LogP contribution is -2.35. The molecule has 6 nitrogen and oxygen atoms in total. The van der Waals surface area contributed by atoms with Gasteiger partial charge in [0.2, 0.25) is 0 Å². The van der Waals surface area contributed by atoms with E-state index in [-0.39, 0.29) is 5.92 Å². The van der Waals surface area contributed by atoms with E-state index in [1.54, 1.807) is 0 Å². The summed E-state index contributed by atoms with van der Waals surface area (Å²) in [7, 11) is -3.52. The minimum Gasteiger partial charge on any atom is -0.365 e. The Morgan fingerprint density at radius 2 is 1.78 bits per heavy atom. The first-order valence-electron chi connectivity index (χ1n) is 10.4. The van der Waals surface area contributed by atoms with Crippen LogP contribution < -0.4 is 10.6 Å². The number of halogens is 7. The van der Waals surface area contributed by atoms with Gasteiger partial charge in [-0.1, -0.05) is 6.08 Å². The number of amides is 1. The summed E-state index contributed by atoms with van der Waals surface area (Å²) in [5.41, 5.74) is -3.66. The summed E-state index contributed by atoms with van der Waals surface area (Å²) in [5, 5.41) is 5.69. The number of rotatable bonds is 8. The Bertz CT molecular complexity index is 1270. The average Bonchev–Trinajstić information content (AvgIpc) is 3.58. The van der Waals surface area contributed by atoms with Crippen LogP contribution in [-0.2, 0) is 28.7 Å². The van der Waals surface area contributed by atoms with Crippen molar-refractivity contribution in [2.45, 2.75) is 37.8 Å². The lowest BCUT2D eigenvalue weighted by molar-refractivity contribution is -0.141. The van der Waals surface area contributed by atoms with Crippen LogP contribution >= 0.6 is 0 Å². The van der Waals surface area contributed by atoms with Crippen molar-refractivity contribution < 1.29 is 43.9 Å². The first kappa shape index (κ1) is 27.4. The zero-order valence-corrected chi connectivity index (χ0v) is 19.4. The number of benzene rings is 1. The zero-order chi connectivity index (χ0) is 26.9. The number of sulfone groups is 1. The summed E-state index contributed by atoms with van der Waals surface area (Å²) in [6.07, 6.45) is -6.24. The minimum absolute atomic E-state index is 0.0904. The molecule has 0 saturated heterocycles. The van der Waals surface area contributed by atoms with E-state index in [1.807, 2.05) is 0 Å². The van der Waals surface area contributed by atoms with Crippen LogP contribution in [0.15, 0.2) is 41.8 Å². The molecule has 1 aromatic carbocycles. The van der Waals surface area contributed by atoms with Crippen LogP contribution in [0.4, 0.5) is 36.6 Å². The van der Waals surface area contributed by atoms with Crippen molar-refractivity contribution in [3.63, 3.8) is 0 Å². The van der Waals surface area contributed by atoms with Gasteiger partial charge >= 0.3 is 12.4 Å². The number of nitrogens with zero attached hydrogens (tertiary/aromatic N) is 1. The second-order valence-corrected chi connectivity index (χ2v) is 10.2. The van der Waals surface area contributed by atoms with E-state index in [0.29, 0.717) is 37.1 Å². The fraction of sp³-hybridized carbons (Fsp3) is 0.364. The fourth-order valence-electron chi connectivity index (χ4n) is 3.33. The van der Waals surface area contributed by atoms with Crippen molar-refractivity contribution in [2.24, 2.45) is 5.92 Å². The highest BCUT2D eigenvalue weighted by molar-refractivity contribution is 7.93. The molecule has 14 heteroatoms. The van der Waals surface area contributed by atoms with Gasteiger partial charge in [-0.25, -0.2) is 17.8 Å². The molecule has 3 rings (SSSR count). The Labute approximate surface area is 201 Å². The van der Waals surface area contributed by atoms with Gasteiger partial charge < -0.3 is 10.6 Å². The van der Waals surface area contributed by atoms with E-state index in [0.717, 1.165) is 17.7 Å². The van der Waals surface area contributed by atoms with Gasteiger partial charge in [0.25, 0.3) is 5.91 Å². The summed E-state index contributed by atoms with van der Waals surface area (Å²) < 4.78 is 116. The maximum Gasteiger partial charge on any atom is 0.433 e. The molecule has 196 valence electrons. The van der Waals surface area contributed by atoms with Crippen molar-refractivity contribution in [3.8, 4) is 0 Å². The van der Waals surface area contributed by atoms with Crippen LogP contribution in [0.25, 0.3) is 0 Å². The van der Waals surface area contributed by atoms with E-state index in [1.165, 1.54) is 6.08 Å². The summed E-state index contributed by atoms with van der Waals surface area (Å²) in [4.78, 5) is 16.3. The molecule has 1 aliphatic rings. The van der Waals surface area contributed by atoms with Crippen LogP contribution in [0.5, 0.6) is 0 Å². The standard InChI is InChI=1S/C22H20F7N3O3S/c1-36(34,35)9-8-17(12-2-3-12)31-20(33)15-5-7-18(22(27,28)29)32-19(15)30-11-13-10-14(23)4-6-16(13)21(24,25)26/h4-10,12,17H,2-3,11H2,1H3,(H,30,32)(H,31,33)/b9-8+/t17-/m1/s1. The number of carbonyl (C=O) groups is 1. The van der Waals surface area contributed by atoms with Crippen LogP contribution in [0, 0.1) is 11.7 Å². The second-order valence-electron chi connectivity index (χ2n) is 8.24. The Balaban J connectivity index is 1.93. The molecule has 1 saturated carbocycles. The first-order chi connectivity index (χ1) is 16.5. The highest BCUT2D eigenvalue weighted by Gasteiger charge is 2.36. The molecule has 2 N–H and O–H groups in total. The van der Waals surface area contributed by atoms with Gasteiger partial charge in [-0.15, -0.1) is 0 Å². The third kappa shape index (κ3) is 7.42. The van der Waals surface area contributed by atoms with Gasteiger partial charge in [0, 0.05) is 18.2 Å². The number of hydrogen-bond donors (Lipinski definition) is 2. The predicted molar refractivity (Wildman–Crippen MR) is 116 cm³/mol. The van der Waals surface area contributed by atoms with E-state index >= 15 is 0 Å². The van der Waals surface area contributed by atoms with E-state index in [2.05, 4.69) is 15.6 Å². The van der Waals surface area contributed by atoms with Gasteiger partial charge in [0.1, 0.15) is 17.3 Å². The van der Waals surface area contributed by atoms with E-state index < -0.39 is 74.7 Å². The quantitative estimate of drug-likeness (QED) is 0.465. The van der Waals surface area contributed by atoms with Crippen molar-refractivity contribution in [1.29, 1.82) is 0 Å². The van der Waals surface area contributed by atoms with Gasteiger partial charge in [0.05, 0.1) is 17.2 Å². The molecule has 1 aromatic heterocycles. The average molecular weight is 539 g/mol. The molecule has 0 bridgehead atoms. The molecule has 0 unspecified atom stereocenters. The first-order valence-corrected chi connectivity index (χ1v) is 12.4. The summed E-state index contributed by atoms with van der Waals surface area (Å²) in [6, 6.07) is 2.24. The maximum absolute atomic E-state index is 13.6. The molecule has 0 aliphatic heterocycles. The van der Waals surface area contributed by atoms with Crippen LogP contribution in [0.1, 0.15) is 40.0 Å². The predicted octanol–water partition coefficient (Wildman–Crippen LogP) is 4.94. The highest BCUT2D eigenvalue weighted by Crippen LogP contribution is 2.35. The lowest BCUT2D eigenvalue weighted by Gasteiger charge is -2.18. The van der Waals surface area contributed by atoms with Crippen molar-refractivity contribution in [1.82, 2.24) is 10.3 Å². The minimum atomic E-state index is -4.92. The summed E-state index contributed by atoms with van der Waals surface area (Å²) in [5.74, 6) is -2.70. The van der Waals surface area contributed by atoms with Gasteiger partial charge in [-0.3, -0.25) is 4.79 Å². The topological polar surface area (TPSA) is 88.2 Å². The molecule has 1 heterocycles. The largest absolute Gasteiger partial charge is 0.433 e. The van der Waals surface area contributed by atoms with Gasteiger partial charge in [-0.2, -0.15) is 26.3 Å². The van der Waals surface area contributed by atoms with Crippen LogP contribution in [0.2, 0.25) is 0 Å². The smallest absolute Gasteiger partial charge is 0.365 e. The number of carbonyl (C=O) groups excluding carboxylic acids is 1. The third-order valence-corrected chi connectivity index (χ3v) is 5.86. The van der Waals surface area contributed by atoms with Crippen LogP contribution in [-0.4, -0.2) is 31.6 Å². The summed E-state index contributed by atoms with van der Waals surface area (Å²) >= 11 is 0. The van der Waals surface area contributed by atoms with Crippen molar-refractivity contribution >= 4 is 21.6 Å². The molecule has 1 amide bonds. The fourth-order valence-corrected chi connectivity index (χ4v) is 3.79. The number of aromatic nitrogens is 1. The Morgan fingerprint density at radius 1 is 1.11 bits per heavy atom. The van der Waals surface area contributed by atoms with Crippen molar-refractivity contribution in [3.05, 3.63) is 70.0 Å². The molecule has 0 spiro atoms. The number of alkyl halides is 6. The second kappa shape index (κ2) is 10.1. The number of hydrogen-bond acceptors (Lipinski definition) is 5. The molecule has 2 aromatic rings. The molecular weight excluding hydrogens is 519 g/mol. The number of pyridine rings is 1. The Hall–Kier alpha value is -3.16. The van der Waals surface area contributed by atoms with Gasteiger partial charge in [0.15, 0.2) is 9.84 Å². The molecule has 0 radical (unpaired) electrons. The zero-order valence-electron chi connectivity index (χ0n) is 18.5. The van der Waals surface area contributed by atoms with Crippen LogP contribution in [0.3, 0.4) is 0 Å².